The maximum absolute atomic E-state index is 6.00. The molecule has 0 aliphatic carbocycles. The van der Waals surface area contributed by atoms with Crippen LogP contribution in [-0.4, -0.2) is 20.8 Å². The minimum Gasteiger partial charge on any atom is -0.493 e. The summed E-state index contributed by atoms with van der Waals surface area (Å²) in [6.45, 7) is 13.5. The van der Waals surface area contributed by atoms with E-state index in [4.69, 9.17) is 14.2 Å². The maximum Gasteiger partial charge on any atom is 0.203 e. The Bertz CT molecular complexity index is 451. The van der Waals surface area contributed by atoms with Crippen LogP contribution in [0.5, 0.6) is 17.2 Å². The summed E-state index contributed by atoms with van der Waals surface area (Å²) in [5.74, 6) is 2.16. The van der Waals surface area contributed by atoms with E-state index in [-0.39, 0.29) is 10.8 Å². The number of methoxy groups -OCH3 is 2. The van der Waals surface area contributed by atoms with Crippen LogP contribution in [0, 0.1) is 5.41 Å². The van der Waals surface area contributed by atoms with Gasteiger partial charge in [0.1, 0.15) is 0 Å². The first-order chi connectivity index (χ1) is 9.10. The summed E-state index contributed by atoms with van der Waals surface area (Å²) >= 11 is 0. The minimum absolute atomic E-state index is 0.0164. The number of benzene rings is 1. The van der Waals surface area contributed by atoms with E-state index < -0.39 is 0 Å². The van der Waals surface area contributed by atoms with Gasteiger partial charge in [-0.05, 0) is 16.9 Å². The second-order valence-corrected chi connectivity index (χ2v) is 7.28. The lowest BCUT2D eigenvalue weighted by Crippen LogP contribution is -2.19. The molecule has 0 spiro atoms. The van der Waals surface area contributed by atoms with Gasteiger partial charge in [-0.2, -0.15) is 0 Å². The molecule has 0 unspecified atom stereocenters. The summed E-state index contributed by atoms with van der Waals surface area (Å²) in [5, 5.41) is 0. The molecule has 3 heteroatoms. The summed E-state index contributed by atoms with van der Waals surface area (Å²) in [7, 11) is 3.32. The van der Waals surface area contributed by atoms with Crippen LogP contribution >= 0.6 is 0 Å². The first-order valence-electron chi connectivity index (χ1n) is 6.98. The lowest BCUT2D eigenvalue weighted by molar-refractivity contribution is 0.183. The van der Waals surface area contributed by atoms with Crippen molar-refractivity contribution in [3.05, 3.63) is 17.7 Å². The van der Waals surface area contributed by atoms with E-state index in [1.807, 2.05) is 12.1 Å². The van der Waals surface area contributed by atoms with Crippen molar-refractivity contribution in [2.45, 2.75) is 47.0 Å². The number of hydrogen-bond donors (Lipinski definition) is 0. The summed E-state index contributed by atoms with van der Waals surface area (Å²) in [6.07, 6.45) is 0. The van der Waals surface area contributed by atoms with Gasteiger partial charge < -0.3 is 14.2 Å². The molecule has 1 rings (SSSR count). The third-order valence-electron chi connectivity index (χ3n) is 2.96. The van der Waals surface area contributed by atoms with Gasteiger partial charge in [0, 0.05) is 5.56 Å². The fraction of sp³-hybridized carbons (Fsp3) is 0.647. The van der Waals surface area contributed by atoms with Crippen LogP contribution in [0.25, 0.3) is 0 Å². The van der Waals surface area contributed by atoms with E-state index in [0.717, 1.165) is 11.3 Å². The molecular weight excluding hydrogens is 252 g/mol. The highest BCUT2D eigenvalue weighted by molar-refractivity contribution is 5.57. The lowest BCUT2D eigenvalue weighted by Gasteiger charge is -2.26. The monoisotopic (exact) mass is 280 g/mol. The predicted molar refractivity (Wildman–Crippen MR) is 83.2 cm³/mol. The Morgan fingerprint density at radius 1 is 0.850 bits per heavy atom. The van der Waals surface area contributed by atoms with Crippen LogP contribution in [0.15, 0.2) is 12.1 Å². The summed E-state index contributed by atoms with van der Waals surface area (Å²) in [4.78, 5) is 0. The third kappa shape index (κ3) is 4.06. The Balaban J connectivity index is 3.30. The SMILES string of the molecule is COc1ccc(C(C)(C)C)c(OC)c1OCC(C)(C)C. The molecule has 0 aromatic heterocycles. The van der Waals surface area contributed by atoms with Crippen LogP contribution < -0.4 is 14.2 Å². The average molecular weight is 280 g/mol. The fourth-order valence-corrected chi connectivity index (χ4v) is 1.92. The molecule has 0 aliphatic rings. The Hall–Kier alpha value is -1.38. The Morgan fingerprint density at radius 3 is 1.85 bits per heavy atom. The summed E-state index contributed by atoms with van der Waals surface area (Å²) in [6, 6.07) is 3.99. The van der Waals surface area contributed by atoms with E-state index in [1.54, 1.807) is 14.2 Å². The van der Waals surface area contributed by atoms with Gasteiger partial charge in [-0.1, -0.05) is 47.6 Å². The maximum atomic E-state index is 6.00. The van der Waals surface area contributed by atoms with Gasteiger partial charge in [0.15, 0.2) is 11.5 Å². The zero-order chi connectivity index (χ0) is 15.6. The van der Waals surface area contributed by atoms with Crippen LogP contribution in [0.2, 0.25) is 0 Å². The molecule has 114 valence electrons. The van der Waals surface area contributed by atoms with Crippen LogP contribution in [0.1, 0.15) is 47.1 Å². The second-order valence-electron chi connectivity index (χ2n) is 7.28. The van der Waals surface area contributed by atoms with Crippen molar-refractivity contribution < 1.29 is 14.2 Å². The Morgan fingerprint density at radius 2 is 1.45 bits per heavy atom. The zero-order valence-electron chi connectivity index (χ0n) is 14.1. The molecule has 20 heavy (non-hydrogen) atoms. The van der Waals surface area contributed by atoms with Crippen LogP contribution in [0.3, 0.4) is 0 Å². The molecule has 0 saturated heterocycles. The third-order valence-corrected chi connectivity index (χ3v) is 2.96. The molecule has 0 saturated carbocycles. The normalized spacial score (nSPS) is 12.2. The van der Waals surface area contributed by atoms with Crippen molar-refractivity contribution in [1.29, 1.82) is 0 Å². The Labute approximate surface area is 123 Å². The first-order valence-corrected chi connectivity index (χ1v) is 6.98. The van der Waals surface area contributed by atoms with Crippen molar-refractivity contribution in [2.24, 2.45) is 5.41 Å². The minimum atomic E-state index is -0.0164. The molecule has 0 radical (unpaired) electrons. The predicted octanol–water partition coefficient (Wildman–Crippen LogP) is 4.43. The van der Waals surface area contributed by atoms with Crippen molar-refractivity contribution in [3.8, 4) is 17.2 Å². The van der Waals surface area contributed by atoms with E-state index in [0.29, 0.717) is 18.1 Å². The number of hydrogen-bond acceptors (Lipinski definition) is 3. The smallest absolute Gasteiger partial charge is 0.203 e. The van der Waals surface area contributed by atoms with E-state index in [2.05, 4.69) is 41.5 Å². The van der Waals surface area contributed by atoms with Crippen LogP contribution in [-0.2, 0) is 5.41 Å². The van der Waals surface area contributed by atoms with Crippen molar-refractivity contribution >= 4 is 0 Å². The van der Waals surface area contributed by atoms with Gasteiger partial charge in [-0.25, -0.2) is 0 Å². The highest BCUT2D eigenvalue weighted by Gasteiger charge is 2.25. The van der Waals surface area contributed by atoms with E-state index in [9.17, 15) is 0 Å². The van der Waals surface area contributed by atoms with Gasteiger partial charge in [0.2, 0.25) is 5.75 Å². The van der Waals surface area contributed by atoms with Gasteiger partial charge in [-0.15, -0.1) is 0 Å². The fourth-order valence-electron chi connectivity index (χ4n) is 1.92. The molecule has 1 aromatic carbocycles. The second kappa shape index (κ2) is 5.94. The van der Waals surface area contributed by atoms with Crippen molar-refractivity contribution in [3.63, 3.8) is 0 Å². The zero-order valence-corrected chi connectivity index (χ0v) is 14.1. The molecule has 0 atom stereocenters. The molecule has 1 aromatic rings. The standard InChI is InChI=1S/C17H28O3/c1-16(2,3)11-20-15-13(18-7)10-9-12(14(15)19-8)17(4,5)6/h9-10H,11H2,1-8H3. The molecular formula is C17H28O3. The summed E-state index contributed by atoms with van der Waals surface area (Å²) in [5.41, 5.74) is 1.18. The highest BCUT2D eigenvalue weighted by atomic mass is 16.5. The lowest BCUT2D eigenvalue weighted by atomic mass is 9.86. The van der Waals surface area contributed by atoms with Gasteiger partial charge in [0.25, 0.3) is 0 Å². The van der Waals surface area contributed by atoms with Gasteiger partial charge in [-0.3, -0.25) is 0 Å². The molecule has 0 bridgehead atoms. The van der Waals surface area contributed by atoms with Crippen molar-refractivity contribution in [1.82, 2.24) is 0 Å². The number of ether oxygens (including phenoxy) is 3. The Kier molecular flexibility index (Phi) is 4.95. The van der Waals surface area contributed by atoms with Crippen LogP contribution in [0.4, 0.5) is 0 Å². The van der Waals surface area contributed by atoms with E-state index in [1.165, 1.54) is 0 Å². The average Bonchev–Trinajstić information content (AvgIpc) is 2.32. The molecule has 3 nitrogen and oxygen atoms in total. The quantitative estimate of drug-likeness (QED) is 0.816. The van der Waals surface area contributed by atoms with Gasteiger partial charge in [0.05, 0.1) is 20.8 Å². The molecule has 0 fully saturated rings. The molecule has 0 heterocycles. The summed E-state index contributed by atoms with van der Waals surface area (Å²) < 4.78 is 17.0. The largest absolute Gasteiger partial charge is 0.493 e. The molecule has 0 amide bonds. The number of rotatable bonds is 4. The van der Waals surface area contributed by atoms with Gasteiger partial charge >= 0.3 is 0 Å². The topological polar surface area (TPSA) is 27.7 Å². The van der Waals surface area contributed by atoms with E-state index >= 15 is 0 Å². The molecule has 0 N–H and O–H groups in total. The molecule has 0 aliphatic heterocycles. The highest BCUT2D eigenvalue weighted by Crippen LogP contribution is 2.44. The van der Waals surface area contributed by atoms with Crippen molar-refractivity contribution in [2.75, 3.05) is 20.8 Å². The first kappa shape index (κ1) is 16.7.